The Morgan fingerprint density at radius 1 is 1.44 bits per heavy atom. The summed E-state index contributed by atoms with van der Waals surface area (Å²) in [6, 6.07) is 0. The summed E-state index contributed by atoms with van der Waals surface area (Å²) in [7, 11) is 0. The molecular weight excluding hydrogens is 108 g/mol. The zero-order valence-corrected chi connectivity index (χ0v) is 6.91. The SMILES string of the molecule is CC[C@H](C)C1(C)CCC1. The molecule has 0 N–H and O–H groups in total. The van der Waals surface area contributed by atoms with Crippen LogP contribution in [0.2, 0.25) is 0 Å². The van der Waals surface area contributed by atoms with Gasteiger partial charge in [-0.1, -0.05) is 33.6 Å². The van der Waals surface area contributed by atoms with Gasteiger partial charge in [0.1, 0.15) is 0 Å². The molecule has 1 rings (SSSR count). The molecule has 1 aliphatic rings. The highest BCUT2D eigenvalue weighted by molar-refractivity contribution is 4.86. The van der Waals surface area contributed by atoms with Crippen LogP contribution in [-0.4, -0.2) is 0 Å². The van der Waals surface area contributed by atoms with Crippen molar-refractivity contribution in [3.8, 4) is 0 Å². The minimum absolute atomic E-state index is 0.731. The molecule has 0 bridgehead atoms. The monoisotopic (exact) mass is 126 g/mol. The second kappa shape index (κ2) is 2.32. The lowest BCUT2D eigenvalue weighted by Crippen LogP contribution is -2.32. The fourth-order valence-electron chi connectivity index (χ4n) is 1.72. The molecule has 0 aromatic heterocycles. The van der Waals surface area contributed by atoms with Crippen molar-refractivity contribution in [2.24, 2.45) is 11.3 Å². The van der Waals surface area contributed by atoms with E-state index >= 15 is 0 Å². The van der Waals surface area contributed by atoms with Gasteiger partial charge in [-0.25, -0.2) is 0 Å². The first-order chi connectivity index (χ1) is 4.19. The second-order valence-corrected chi connectivity index (χ2v) is 3.82. The van der Waals surface area contributed by atoms with Gasteiger partial charge in [0.05, 0.1) is 0 Å². The molecule has 1 fully saturated rings. The van der Waals surface area contributed by atoms with Crippen LogP contribution >= 0.6 is 0 Å². The molecule has 0 aromatic carbocycles. The van der Waals surface area contributed by atoms with Crippen LogP contribution in [0.15, 0.2) is 0 Å². The van der Waals surface area contributed by atoms with E-state index in [1.54, 1.807) is 0 Å². The topological polar surface area (TPSA) is 0 Å². The molecule has 0 heterocycles. The smallest absolute Gasteiger partial charge is 0.0300 e. The van der Waals surface area contributed by atoms with Crippen LogP contribution in [0.25, 0.3) is 0 Å². The van der Waals surface area contributed by atoms with Gasteiger partial charge in [0.2, 0.25) is 0 Å². The van der Waals surface area contributed by atoms with Crippen LogP contribution in [0.5, 0.6) is 0 Å². The van der Waals surface area contributed by atoms with E-state index in [0.717, 1.165) is 11.3 Å². The lowest BCUT2D eigenvalue weighted by molar-refractivity contribution is 0.0798. The van der Waals surface area contributed by atoms with E-state index < -0.39 is 0 Å². The normalized spacial score (nSPS) is 27.0. The Kier molecular flexibility index (Phi) is 1.83. The van der Waals surface area contributed by atoms with E-state index in [1.807, 2.05) is 0 Å². The van der Waals surface area contributed by atoms with Gasteiger partial charge in [-0.05, 0) is 24.2 Å². The molecule has 0 saturated heterocycles. The summed E-state index contributed by atoms with van der Waals surface area (Å²) in [5.41, 5.74) is 0.731. The van der Waals surface area contributed by atoms with Crippen molar-refractivity contribution in [3.63, 3.8) is 0 Å². The molecular formula is C9H18. The predicted octanol–water partition coefficient (Wildman–Crippen LogP) is 3.22. The van der Waals surface area contributed by atoms with Crippen LogP contribution in [0.1, 0.15) is 46.5 Å². The van der Waals surface area contributed by atoms with Crippen molar-refractivity contribution in [1.82, 2.24) is 0 Å². The average Bonchev–Trinajstić information content (AvgIpc) is 1.81. The van der Waals surface area contributed by atoms with Crippen LogP contribution in [0.3, 0.4) is 0 Å². The Balaban J connectivity index is 2.38. The molecule has 0 unspecified atom stereocenters. The van der Waals surface area contributed by atoms with Crippen LogP contribution in [-0.2, 0) is 0 Å². The lowest BCUT2D eigenvalue weighted by atomic mass is 9.62. The maximum atomic E-state index is 2.44. The van der Waals surface area contributed by atoms with Crippen molar-refractivity contribution in [2.75, 3.05) is 0 Å². The molecule has 0 amide bonds. The number of hydrogen-bond acceptors (Lipinski definition) is 0. The van der Waals surface area contributed by atoms with E-state index in [9.17, 15) is 0 Å². The molecule has 0 aliphatic heterocycles. The summed E-state index contributed by atoms with van der Waals surface area (Å²) in [6.07, 6.45) is 5.78. The van der Waals surface area contributed by atoms with E-state index in [0.29, 0.717) is 0 Å². The summed E-state index contributed by atoms with van der Waals surface area (Å²) >= 11 is 0. The predicted molar refractivity (Wildman–Crippen MR) is 41.4 cm³/mol. The third kappa shape index (κ3) is 1.12. The third-order valence-electron chi connectivity index (χ3n) is 3.30. The lowest BCUT2D eigenvalue weighted by Gasteiger charge is -2.43. The minimum Gasteiger partial charge on any atom is -0.0651 e. The van der Waals surface area contributed by atoms with E-state index in [4.69, 9.17) is 0 Å². The van der Waals surface area contributed by atoms with Crippen LogP contribution in [0.4, 0.5) is 0 Å². The third-order valence-corrected chi connectivity index (χ3v) is 3.30. The zero-order chi connectivity index (χ0) is 6.91. The van der Waals surface area contributed by atoms with E-state index in [2.05, 4.69) is 20.8 Å². The van der Waals surface area contributed by atoms with Crippen molar-refractivity contribution in [1.29, 1.82) is 0 Å². The molecule has 54 valence electrons. The van der Waals surface area contributed by atoms with Gasteiger partial charge in [0.25, 0.3) is 0 Å². The highest BCUT2D eigenvalue weighted by Crippen LogP contribution is 2.47. The maximum absolute atomic E-state index is 2.44. The molecule has 0 heteroatoms. The first-order valence-corrected chi connectivity index (χ1v) is 4.19. The first kappa shape index (κ1) is 7.11. The van der Waals surface area contributed by atoms with Crippen LogP contribution < -0.4 is 0 Å². The highest BCUT2D eigenvalue weighted by atomic mass is 14.4. The number of rotatable bonds is 2. The van der Waals surface area contributed by atoms with Crippen molar-refractivity contribution < 1.29 is 0 Å². The summed E-state index contributed by atoms with van der Waals surface area (Å²) in [5, 5.41) is 0. The molecule has 9 heavy (non-hydrogen) atoms. The molecule has 1 saturated carbocycles. The van der Waals surface area contributed by atoms with Gasteiger partial charge in [0, 0.05) is 0 Å². The van der Waals surface area contributed by atoms with Gasteiger partial charge < -0.3 is 0 Å². The standard InChI is InChI=1S/C9H18/c1-4-8(2)9(3)6-5-7-9/h8H,4-7H2,1-3H3/t8-/m0/s1. The molecule has 1 aliphatic carbocycles. The van der Waals surface area contributed by atoms with Gasteiger partial charge in [-0.3, -0.25) is 0 Å². The first-order valence-electron chi connectivity index (χ1n) is 4.19. The second-order valence-electron chi connectivity index (χ2n) is 3.82. The Bertz CT molecular complexity index is 90.2. The van der Waals surface area contributed by atoms with Crippen LogP contribution in [0, 0.1) is 11.3 Å². The quantitative estimate of drug-likeness (QED) is 0.533. The van der Waals surface area contributed by atoms with E-state index in [1.165, 1.54) is 25.7 Å². The van der Waals surface area contributed by atoms with Gasteiger partial charge >= 0.3 is 0 Å². The summed E-state index contributed by atoms with van der Waals surface area (Å²) in [6.45, 7) is 7.12. The van der Waals surface area contributed by atoms with Crippen molar-refractivity contribution in [3.05, 3.63) is 0 Å². The van der Waals surface area contributed by atoms with Gasteiger partial charge in [-0.15, -0.1) is 0 Å². The Morgan fingerprint density at radius 3 is 2.11 bits per heavy atom. The van der Waals surface area contributed by atoms with E-state index in [-0.39, 0.29) is 0 Å². The van der Waals surface area contributed by atoms with Crippen molar-refractivity contribution in [2.45, 2.75) is 46.5 Å². The zero-order valence-electron chi connectivity index (χ0n) is 6.91. The molecule has 0 spiro atoms. The fraction of sp³-hybridized carbons (Fsp3) is 1.00. The molecule has 1 atom stereocenters. The summed E-state index contributed by atoms with van der Waals surface area (Å²) in [4.78, 5) is 0. The average molecular weight is 126 g/mol. The molecule has 0 aromatic rings. The van der Waals surface area contributed by atoms with Gasteiger partial charge in [0.15, 0.2) is 0 Å². The molecule has 0 radical (unpaired) electrons. The summed E-state index contributed by atoms with van der Waals surface area (Å²) < 4.78 is 0. The maximum Gasteiger partial charge on any atom is -0.0300 e. The summed E-state index contributed by atoms with van der Waals surface area (Å²) in [5.74, 6) is 0.950. The Morgan fingerprint density at radius 2 is 2.00 bits per heavy atom. The van der Waals surface area contributed by atoms with Gasteiger partial charge in [-0.2, -0.15) is 0 Å². The Labute approximate surface area is 58.7 Å². The molecule has 0 nitrogen and oxygen atoms in total. The van der Waals surface area contributed by atoms with Crippen molar-refractivity contribution >= 4 is 0 Å². The highest BCUT2D eigenvalue weighted by Gasteiger charge is 2.35. The largest absolute Gasteiger partial charge is 0.0651 e. The fourth-order valence-corrected chi connectivity index (χ4v) is 1.72. The minimum atomic E-state index is 0.731. The number of hydrogen-bond donors (Lipinski definition) is 0. The Hall–Kier alpha value is 0.